The Morgan fingerprint density at radius 2 is 1.45 bits per heavy atom. The fourth-order valence-electron chi connectivity index (χ4n) is 4.49. The van der Waals surface area contributed by atoms with Gasteiger partial charge < -0.3 is 9.64 Å². The van der Waals surface area contributed by atoms with Crippen molar-refractivity contribution < 1.29 is 9.53 Å². The van der Waals surface area contributed by atoms with Gasteiger partial charge in [-0.05, 0) is 29.8 Å². The number of anilines is 2. The molecular weight excluding hydrogens is 386 g/mol. The summed E-state index contributed by atoms with van der Waals surface area (Å²) in [5.74, 6) is 0.898. The average molecular weight is 414 g/mol. The van der Waals surface area contributed by atoms with E-state index in [1.54, 1.807) is 0 Å². The number of piperazine rings is 1. The fourth-order valence-corrected chi connectivity index (χ4v) is 4.49. The molecule has 31 heavy (non-hydrogen) atoms. The zero-order valence-corrected chi connectivity index (χ0v) is 17.6. The summed E-state index contributed by atoms with van der Waals surface area (Å²) in [6.07, 6.45) is 0. The Labute approximate surface area is 183 Å². The quantitative estimate of drug-likeness (QED) is 0.648. The van der Waals surface area contributed by atoms with Crippen LogP contribution in [-0.4, -0.2) is 50.1 Å². The predicted octanol–water partition coefficient (Wildman–Crippen LogP) is 3.98. The summed E-state index contributed by atoms with van der Waals surface area (Å²) in [6, 6.07) is 28.4. The van der Waals surface area contributed by atoms with Crippen molar-refractivity contribution >= 4 is 17.3 Å². The first-order valence-corrected chi connectivity index (χ1v) is 10.9. The van der Waals surface area contributed by atoms with Crippen LogP contribution in [0.2, 0.25) is 0 Å². The summed E-state index contributed by atoms with van der Waals surface area (Å²) in [7, 11) is 0. The van der Waals surface area contributed by atoms with Crippen molar-refractivity contribution in [3.63, 3.8) is 0 Å². The van der Waals surface area contributed by atoms with Crippen molar-refractivity contribution in [3.8, 4) is 5.75 Å². The van der Waals surface area contributed by atoms with E-state index in [1.165, 1.54) is 5.69 Å². The molecule has 2 aliphatic heterocycles. The first kappa shape index (κ1) is 19.6. The second kappa shape index (κ2) is 8.82. The normalized spacial score (nSPS) is 18.9. The van der Waals surface area contributed by atoms with Gasteiger partial charge in [-0.15, -0.1) is 0 Å². The highest BCUT2D eigenvalue weighted by Crippen LogP contribution is 2.39. The van der Waals surface area contributed by atoms with Gasteiger partial charge in [0.1, 0.15) is 12.4 Å². The van der Waals surface area contributed by atoms with Gasteiger partial charge >= 0.3 is 0 Å². The second-order valence-corrected chi connectivity index (χ2v) is 8.07. The molecule has 5 rings (SSSR count). The lowest BCUT2D eigenvalue weighted by Crippen LogP contribution is -2.51. The zero-order chi connectivity index (χ0) is 21.0. The number of hydrogen-bond donors (Lipinski definition) is 0. The maximum atomic E-state index is 13.6. The van der Waals surface area contributed by atoms with Crippen LogP contribution in [0.25, 0.3) is 0 Å². The summed E-state index contributed by atoms with van der Waals surface area (Å²) < 4.78 is 6.01. The molecule has 1 fully saturated rings. The SMILES string of the molecule is O=C(CN1CCN(c2ccccc2)CC1)N1c2ccccc2OCC1c1ccccc1. The highest BCUT2D eigenvalue weighted by molar-refractivity contribution is 5.97. The molecule has 0 N–H and O–H groups in total. The van der Waals surface area contributed by atoms with Crippen molar-refractivity contribution in [3.05, 3.63) is 90.5 Å². The second-order valence-electron chi connectivity index (χ2n) is 8.07. The minimum Gasteiger partial charge on any atom is -0.489 e. The van der Waals surface area contributed by atoms with E-state index in [9.17, 15) is 4.79 Å². The van der Waals surface area contributed by atoms with Crippen LogP contribution < -0.4 is 14.5 Å². The van der Waals surface area contributed by atoms with E-state index in [1.807, 2.05) is 53.4 Å². The lowest BCUT2D eigenvalue weighted by Gasteiger charge is -2.40. The summed E-state index contributed by atoms with van der Waals surface area (Å²) in [6.45, 7) is 4.50. The van der Waals surface area contributed by atoms with Crippen LogP contribution >= 0.6 is 0 Å². The number of nitrogens with zero attached hydrogens (tertiary/aromatic N) is 3. The van der Waals surface area contributed by atoms with E-state index in [4.69, 9.17) is 4.74 Å². The molecule has 0 spiro atoms. The molecule has 0 aromatic heterocycles. The van der Waals surface area contributed by atoms with Crippen LogP contribution in [0.15, 0.2) is 84.9 Å². The number of carbonyl (C=O) groups excluding carboxylic acids is 1. The largest absolute Gasteiger partial charge is 0.489 e. The molecule has 5 heteroatoms. The maximum Gasteiger partial charge on any atom is 0.241 e. The van der Waals surface area contributed by atoms with Crippen molar-refractivity contribution in [2.45, 2.75) is 6.04 Å². The summed E-state index contributed by atoms with van der Waals surface area (Å²) in [5.41, 5.74) is 3.20. The first-order chi connectivity index (χ1) is 15.3. The molecule has 0 saturated carbocycles. The van der Waals surface area contributed by atoms with Gasteiger partial charge in [0.25, 0.3) is 0 Å². The predicted molar refractivity (Wildman–Crippen MR) is 124 cm³/mol. The van der Waals surface area contributed by atoms with Gasteiger partial charge in [0, 0.05) is 31.9 Å². The molecular formula is C26H27N3O2. The van der Waals surface area contributed by atoms with E-state index < -0.39 is 0 Å². The molecule has 2 aliphatic rings. The van der Waals surface area contributed by atoms with Crippen molar-refractivity contribution in [2.24, 2.45) is 0 Å². The molecule has 1 unspecified atom stereocenters. The van der Waals surface area contributed by atoms with Crippen LogP contribution in [0, 0.1) is 0 Å². The third-order valence-corrected chi connectivity index (χ3v) is 6.14. The summed E-state index contributed by atoms with van der Waals surface area (Å²) >= 11 is 0. The van der Waals surface area contributed by atoms with Gasteiger partial charge in [-0.2, -0.15) is 0 Å². The molecule has 2 heterocycles. The van der Waals surface area contributed by atoms with Gasteiger partial charge in [0.05, 0.1) is 18.3 Å². The van der Waals surface area contributed by atoms with Crippen LogP contribution in [0.3, 0.4) is 0 Å². The van der Waals surface area contributed by atoms with Crippen LogP contribution in [0.1, 0.15) is 11.6 Å². The number of carbonyl (C=O) groups is 1. The molecule has 1 amide bonds. The number of fused-ring (bicyclic) bond motifs is 1. The van der Waals surface area contributed by atoms with E-state index in [0.29, 0.717) is 13.2 Å². The number of ether oxygens (including phenoxy) is 1. The van der Waals surface area contributed by atoms with Gasteiger partial charge in [0.15, 0.2) is 0 Å². The minimum atomic E-state index is -0.116. The Morgan fingerprint density at radius 3 is 2.19 bits per heavy atom. The monoisotopic (exact) mass is 413 g/mol. The average Bonchev–Trinajstić information content (AvgIpc) is 2.85. The lowest BCUT2D eigenvalue weighted by molar-refractivity contribution is -0.120. The molecule has 3 aromatic carbocycles. The Morgan fingerprint density at radius 1 is 0.806 bits per heavy atom. The Bertz CT molecular complexity index is 1020. The van der Waals surface area contributed by atoms with Crippen LogP contribution in [-0.2, 0) is 4.79 Å². The molecule has 3 aromatic rings. The van der Waals surface area contributed by atoms with Gasteiger partial charge in [-0.3, -0.25) is 14.6 Å². The van der Waals surface area contributed by atoms with E-state index in [0.717, 1.165) is 43.2 Å². The standard InChI is InChI=1S/C26H27N3O2/c30-26(19-27-15-17-28(18-16-27)22-11-5-2-6-12-22)29-23-13-7-8-14-25(23)31-20-24(29)21-9-3-1-4-10-21/h1-14,24H,15-20H2. The molecule has 0 bridgehead atoms. The van der Waals surface area contributed by atoms with Gasteiger partial charge in [-0.1, -0.05) is 60.7 Å². The van der Waals surface area contributed by atoms with E-state index >= 15 is 0 Å². The molecule has 1 atom stereocenters. The zero-order valence-electron chi connectivity index (χ0n) is 17.6. The fraction of sp³-hybridized carbons (Fsp3) is 0.269. The topological polar surface area (TPSA) is 36.0 Å². The smallest absolute Gasteiger partial charge is 0.241 e. The minimum absolute atomic E-state index is 0.116. The van der Waals surface area contributed by atoms with Crippen molar-refractivity contribution in [1.29, 1.82) is 0 Å². The molecule has 0 radical (unpaired) electrons. The third kappa shape index (κ3) is 4.14. The van der Waals surface area contributed by atoms with Crippen LogP contribution in [0.4, 0.5) is 11.4 Å². The molecule has 158 valence electrons. The van der Waals surface area contributed by atoms with Gasteiger partial charge in [-0.25, -0.2) is 0 Å². The summed E-state index contributed by atoms with van der Waals surface area (Å²) in [4.78, 5) is 20.2. The Kier molecular flexibility index (Phi) is 5.59. The maximum absolute atomic E-state index is 13.6. The van der Waals surface area contributed by atoms with E-state index in [2.05, 4.69) is 46.2 Å². The number of benzene rings is 3. The Balaban J connectivity index is 1.32. The number of rotatable bonds is 4. The Hall–Kier alpha value is -3.31. The highest BCUT2D eigenvalue weighted by Gasteiger charge is 2.34. The molecule has 1 saturated heterocycles. The van der Waals surface area contributed by atoms with Crippen LogP contribution in [0.5, 0.6) is 5.75 Å². The number of amides is 1. The lowest BCUT2D eigenvalue weighted by atomic mass is 10.0. The highest BCUT2D eigenvalue weighted by atomic mass is 16.5. The van der Waals surface area contributed by atoms with E-state index in [-0.39, 0.29) is 11.9 Å². The molecule has 5 nitrogen and oxygen atoms in total. The third-order valence-electron chi connectivity index (χ3n) is 6.14. The number of para-hydroxylation sites is 3. The molecule has 0 aliphatic carbocycles. The number of hydrogen-bond acceptors (Lipinski definition) is 4. The van der Waals surface area contributed by atoms with Crippen molar-refractivity contribution in [2.75, 3.05) is 49.1 Å². The van der Waals surface area contributed by atoms with Gasteiger partial charge in [0.2, 0.25) is 5.91 Å². The first-order valence-electron chi connectivity index (χ1n) is 10.9. The summed E-state index contributed by atoms with van der Waals surface area (Å²) in [5, 5.41) is 0. The van der Waals surface area contributed by atoms with Crippen molar-refractivity contribution in [1.82, 2.24) is 4.90 Å².